The maximum absolute atomic E-state index is 11.2. The highest BCUT2D eigenvalue weighted by Gasteiger charge is 2.10. The van der Waals surface area contributed by atoms with Crippen LogP contribution in [0.1, 0.15) is 13.8 Å². The number of carbonyl (C=O) groups is 1. The van der Waals surface area contributed by atoms with Crippen LogP contribution in [0.15, 0.2) is 24.5 Å². The first-order valence-electron chi connectivity index (χ1n) is 5.97. The Balaban J connectivity index is 3.79. The third-order valence-corrected chi connectivity index (χ3v) is 2.40. The van der Waals surface area contributed by atoms with Crippen molar-refractivity contribution in [2.45, 2.75) is 20.0 Å². The molecule has 1 atom stereocenters. The fourth-order valence-electron chi connectivity index (χ4n) is 1.42. The van der Waals surface area contributed by atoms with Crippen LogP contribution in [-0.2, 0) is 9.53 Å². The first kappa shape index (κ1) is 16.7. The summed E-state index contributed by atoms with van der Waals surface area (Å²) in [5.74, 6) is -0.263. The van der Waals surface area contributed by atoms with E-state index in [2.05, 4.69) is 11.9 Å². The molecule has 18 heavy (non-hydrogen) atoms. The van der Waals surface area contributed by atoms with Crippen molar-refractivity contribution < 1.29 is 14.6 Å². The van der Waals surface area contributed by atoms with Crippen molar-refractivity contribution in [3.8, 4) is 0 Å². The van der Waals surface area contributed by atoms with E-state index in [4.69, 9.17) is 4.74 Å². The van der Waals surface area contributed by atoms with Gasteiger partial charge in [-0.3, -0.25) is 9.69 Å². The summed E-state index contributed by atoms with van der Waals surface area (Å²) in [6.45, 7) is 8.83. The first-order chi connectivity index (χ1) is 8.49. The van der Waals surface area contributed by atoms with Crippen molar-refractivity contribution in [1.29, 1.82) is 0 Å². The zero-order chi connectivity index (χ0) is 14.0. The minimum atomic E-state index is -0.590. The summed E-state index contributed by atoms with van der Waals surface area (Å²) in [4.78, 5) is 13.2. The normalized spacial score (nSPS) is 13.3. The van der Waals surface area contributed by atoms with E-state index in [1.165, 1.54) is 11.8 Å². The van der Waals surface area contributed by atoms with E-state index in [-0.39, 0.29) is 19.1 Å². The summed E-state index contributed by atoms with van der Waals surface area (Å²) < 4.78 is 4.73. The number of carbonyl (C=O) groups excluding carboxylic acids is 1. The second-order valence-electron chi connectivity index (χ2n) is 4.27. The molecule has 0 aromatic rings. The summed E-state index contributed by atoms with van der Waals surface area (Å²) >= 11 is 0. The zero-order valence-corrected chi connectivity index (χ0v) is 11.5. The largest absolute Gasteiger partial charge is 0.492 e. The average Bonchev–Trinajstić information content (AvgIpc) is 2.33. The molecule has 5 nitrogen and oxygen atoms in total. The van der Waals surface area contributed by atoms with Gasteiger partial charge in [-0.2, -0.15) is 0 Å². The topological polar surface area (TPSA) is 61.8 Å². The molecule has 5 heteroatoms. The van der Waals surface area contributed by atoms with Crippen LogP contribution in [0.4, 0.5) is 0 Å². The van der Waals surface area contributed by atoms with E-state index in [9.17, 15) is 9.90 Å². The van der Waals surface area contributed by atoms with Crippen molar-refractivity contribution in [3.63, 3.8) is 0 Å². The molecule has 0 unspecified atom stereocenters. The molecule has 0 aromatic carbocycles. The Bertz CT molecular complexity index is 290. The van der Waals surface area contributed by atoms with Crippen molar-refractivity contribution in [3.05, 3.63) is 24.5 Å². The highest BCUT2D eigenvalue weighted by atomic mass is 16.5. The Hall–Kier alpha value is -1.33. The molecule has 0 saturated carbocycles. The molecular weight excluding hydrogens is 232 g/mol. The van der Waals surface area contributed by atoms with E-state index in [0.717, 1.165) is 6.54 Å². The van der Waals surface area contributed by atoms with Crippen molar-refractivity contribution in [2.75, 3.05) is 33.3 Å². The molecule has 0 radical (unpaired) electrons. The lowest BCUT2D eigenvalue weighted by molar-refractivity contribution is -0.124. The number of rotatable bonds is 9. The lowest BCUT2D eigenvalue weighted by Crippen LogP contribution is -2.40. The van der Waals surface area contributed by atoms with Gasteiger partial charge >= 0.3 is 0 Å². The number of hydrogen-bond donors (Lipinski definition) is 2. The molecule has 0 aliphatic carbocycles. The fraction of sp³-hybridized carbons (Fsp3) is 0.615. The lowest BCUT2D eigenvalue weighted by Gasteiger charge is -2.21. The van der Waals surface area contributed by atoms with Gasteiger partial charge in [0.15, 0.2) is 6.61 Å². The number of likely N-dealkylation sites (N-methyl/N-ethyl adjacent to an activating group) is 1. The van der Waals surface area contributed by atoms with Gasteiger partial charge in [0.1, 0.15) is 0 Å². The SMILES string of the molecule is C=COCC(=O)NC[C@@H](O)CN(C)C/C(C)=C\C. The van der Waals surface area contributed by atoms with Gasteiger partial charge in [0, 0.05) is 19.6 Å². The number of aliphatic hydroxyl groups is 1. The smallest absolute Gasteiger partial charge is 0.257 e. The number of ether oxygens (including phenoxy) is 1. The Kier molecular flexibility index (Phi) is 8.96. The van der Waals surface area contributed by atoms with Crippen LogP contribution in [0, 0.1) is 0 Å². The third kappa shape index (κ3) is 8.78. The van der Waals surface area contributed by atoms with Gasteiger partial charge < -0.3 is 15.2 Å². The molecular formula is C13H24N2O3. The van der Waals surface area contributed by atoms with E-state index in [1.807, 2.05) is 31.9 Å². The Morgan fingerprint density at radius 3 is 2.83 bits per heavy atom. The molecule has 0 aromatic heterocycles. The summed E-state index contributed by atoms with van der Waals surface area (Å²) in [6, 6.07) is 0. The highest BCUT2D eigenvalue weighted by Crippen LogP contribution is 1.97. The molecule has 104 valence electrons. The maximum Gasteiger partial charge on any atom is 0.257 e. The molecule has 0 aliphatic rings. The predicted octanol–water partition coefficient (Wildman–Crippen LogP) is 0.522. The van der Waals surface area contributed by atoms with Crippen molar-refractivity contribution in [1.82, 2.24) is 10.2 Å². The molecule has 0 saturated heterocycles. The van der Waals surface area contributed by atoms with Crippen LogP contribution in [-0.4, -0.2) is 55.3 Å². The number of aliphatic hydroxyl groups excluding tert-OH is 1. The van der Waals surface area contributed by atoms with Crippen LogP contribution in [0.5, 0.6) is 0 Å². The maximum atomic E-state index is 11.2. The summed E-state index contributed by atoms with van der Waals surface area (Å²) in [5.41, 5.74) is 1.24. The van der Waals surface area contributed by atoms with Crippen LogP contribution >= 0.6 is 0 Å². The fourth-order valence-corrected chi connectivity index (χ4v) is 1.42. The molecule has 0 aliphatic heterocycles. The van der Waals surface area contributed by atoms with Crippen LogP contribution < -0.4 is 5.32 Å². The van der Waals surface area contributed by atoms with E-state index >= 15 is 0 Å². The van der Waals surface area contributed by atoms with Crippen LogP contribution in [0.2, 0.25) is 0 Å². The number of nitrogens with zero attached hydrogens (tertiary/aromatic N) is 1. The molecule has 0 heterocycles. The number of nitrogens with one attached hydrogen (secondary N) is 1. The summed E-state index contributed by atoms with van der Waals surface area (Å²) in [7, 11) is 1.93. The Morgan fingerprint density at radius 2 is 2.28 bits per heavy atom. The van der Waals surface area contributed by atoms with Crippen LogP contribution in [0.25, 0.3) is 0 Å². The van der Waals surface area contributed by atoms with Gasteiger partial charge in [0.2, 0.25) is 0 Å². The number of allylic oxidation sites excluding steroid dienone is 1. The monoisotopic (exact) mass is 256 g/mol. The molecule has 0 rings (SSSR count). The average molecular weight is 256 g/mol. The van der Waals surface area contributed by atoms with Gasteiger partial charge in [0.25, 0.3) is 5.91 Å². The number of amides is 1. The summed E-state index contributed by atoms with van der Waals surface area (Å²) in [5, 5.41) is 12.3. The van der Waals surface area contributed by atoms with E-state index < -0.39 is 6.10 Å². The molecule has 2 N–H and O–H groups in total. The van der Waals surface area contributed by atoms with Crippen molar-refractivity contribution in [2.24, 2.45) is 0 Å². The Morgan fingerprint density at radius 1 is 1.61 bits per heavy atom. The number of hydrogen-bond acceptors (Lipinski definition) is 4. The summed E-state index contributed by atoms with van der Waals surface area (Å²) in [6.07, 6.45) is 2.66. The quantitative estimate of drug-likeness (QED) is 0.466. The van der Waals surface area contributed by atoms with Gasteiger partial charge in [-0.05, 0) is 20.9 Å². The predicted molar refractivity (Wildman–Crippen MR) is 72.1 cm³/mol. The van der Waals surface area contributed by atoms with Gasteiger partial charge in [0.05, 0.1) is 12.4 Å². The standard InChI is InChI=1S/C13H24N2O3/c1-5-11(3)8-15(4)9-12(16)7-14-13(17)10-18-6-2/h5-6,12,16H,2,7-10H2,1,3-4H3,(H,14,17)/b11-5-/t12-/m1/s1. The van der Waals surface area contributed by atoms with Gasteiger partial charge in [-0.1, -0.05) is 18.2 Å². The zero-order valence-electron chi connectivity index (χ0n) is 11.5. The van der Waals surface area contributed by atoms with Gasteiger partial charge in [-0.25, -0.2) is 0 Å². The second kappa shape index (κ2) is 9.67. The molecule has 0 fully saturated rings. The molecule has 0 bridgehead atoms. The van der Waals surface area contributed by atoms with E-state index in [1.54, 1.807) is 0 Å². The minimum Gasteiger partial charge on any atom is -0.492 e. The second-order valence-corrected chi connectivity index (χ2v) is 4.27. The van der Waals surface area contributed by atoms with Gasteiger partial charge in [-0.15, -0.1) is 0 Å². The van der Waals surface area contributed by atoms with Crippen molar-refractivity contribution >= 4 is 5.91 Å². The minimum absolute atomic E-state index is 0.0657. The lowest BCUT2D eigenvalue weighted by atomic mass is 10.2. The van der Waals surface area contributed by atoms with Crippen LogP contribution in [0.3, 0.4) is 0 Å². The molecule has 1 amide bonds. The Labute approximate surface area is 109 Å². The highest BCUT2D eigenvalue weighted by molar-refractivity contribution is 5.77. The van der Waals surface area contributed by atoms with E-state index in [0.29, 0.717) is 6.54 Å². The first-order valence-corrected chi connectivity index (χ1v) is 5.97. The third-order valence-electron chi connectivity index (χ3n) is 2.40. The molecule has 0 spiro atoms.